The van der Waals surface area contributed by atoms with E-state index in [0.717, 1.165) is 19.0 Å². The van der Waals surface area contributed by atoms with E-state index in [1.807, 2.05) is 0 Å². The molecule has 0 aromatic heterocycles. The number of likely N-dealkylation sites (tertiary alicyclic amines) is 1. The van der Waals surface area contributed by atoms with Crippen LogP contribution in [0.15, 0.2) is 0 Å². The maximum absolute atomic E-state index is 11.8. The average Bonchev–Trinajstić information content (AvgIpc) is 3.08. The van der Waals surface area contributed by atoms with Crippen molar-refractivity contribution >= 4 is 5.91 Å². The Hall–Kier alpha value is -0.610. The zero-order valence-electron chi connectivity index (χ0n) is 9.91. The van der Waals surface area contributed by atoms with E-state index < -0.39 is 5.54 Å². The van der Waals surface area contributed by atoms with E-state index >= 15 is 0 Å². The van der Waals surface area contributed by atoms with E-state index in [0.29, 0.717) is 12.1 Å². The van der Waals surface area contributed by atoms with Crippen LogP contribution < -0.4 is 11.1 Å². The fourth-order valence-corrected chi connectivity index (χ4v) is 3.02. The number of primary amides is 1. The SMILES string of the molecule is CC1CC(NC2CC2)(C(N)=O)CN1C1CC1. The van der Waals surface area contributed by atoms with Crippen LogP contribution in [-0.2, 0) is 4.79 Å². The van der Waals surface area contributed by atoms with Gasteiger partial charge in [-0.1, -0.05) is 0 Å². The molecule has 2 unspecified atom stereocenters. The summed E-state index contributed by atoms with van der Waals surface area (Å²) in [6, 6.07) is 1.75. The molecule has 1 saturated heterocycles. The lowest BCUT2D eigenvalue weighted by molar-refractivity contribution is -0.124. The van der Waals surface area contributed by atoms with Crippen molar-refractivity contribution in [2.75, 3.05) is 6.54 Å². The van der Waals surface area contributed by atoms with E-state index in [2.05, 4.69) is 17.1 Å². The minimum atomic E-state index is -0.441. The number of nitrogens with two attached hydrogens (primary N) is 1. The highest BCUT2D eigenvalue weighted by Gasteiger charge is 2.51. The van der Waals surface area contributed by atoms with Gasteiger partial charge in [0.1, 0.15) is 5.54 Å². The average molecular weight is 223 g/mol. The molecule has 1 heterocycles. The Kier molecular flexibility index (Phi) is 2.27. The third-order valence-corrected chi connectivity index (χ3v) is 4.21. The molecule has 0 spiro atoms. The van der Waals surface area contributed by atoms with Gasteiger partial charge in [0.2, 0.25) is 5.91 Å². The van der Waals surface area contributed by atoms with Crippen LogP contribution in [0.4, 0.5) is 0 Å². The normalized spacial score (nSPS) is 40.2. The van der Waals surface area contributed by atoms with Crippen molar-refractivity contribution in [3.05, 3.63) is 0 Å². The van der Waals surface area contributed by atoms with Crippen LogP contribution >= 0.6 is 0 Å². The van der Waals surface area contributed by atoms with Crippen LogP contribution in [0, 0.1) is 0 Å². The number of carbonyl (C=O) groups is 1. The molecule has 2 atom stereocenters. The van der Waals surface area contributed by atoms with Gasteiger partial charge in [-0.05, 0) is 39.0 Å². The topological polar surface area (TPSA) is 58.4 Å². The number of amides is 1. The summed E-state index contributed by atoms with van der Waals surface area (Å²) in [6.07, 6.45) is 5.88. The minimum absolute atomic E-state index is 0.158. The van der Waals surface area contributed by atoms with Gasteiger partial charge in [-0.2, -0.15) is 0 Å². The molecule has 0 radical (unpaired) electrons. The molecule has 2 saturated carbocycles. The molecule has 90 valence electrons. The largest absolute Gasteiger partial charge is 0.368 e. The first kappa shape index (κ1) is 10.5. The molecule has 0 aromatic carbocycles. The summed E-state index contributed by atoms with van der Waals surface area (Å²) < 4.78 is 0. The lowest BCUT2D eigenvalue weighted by Gasteiger charge is -2.27. The van der Waals surface area contributed by atoms with Gasteiger partial charge in [0.25, 0.3) is 0 Å². The maximum atomic E-state index is 11.8. The highest BCUT2D eigenvalue weighted by molar-refractivity contribution is 5.85. The molecule has 1 amide bonds. The second-order valence-corrected chi connectivity index (χ2v) is 5.82. The summed E-state index contributed by atoms with van der Waals surface area (Å²) in [6.45, 7) is 3.04. The zero-order valence-corrected chi connectivity index (χ0v) is 9.91. The van der Waals surface area contributed by atoms with Crippen LogP contribution in [0.5, 0.6) is 0 Å². The van der Waals surface area contributed by atoms with Crippen molar-refractivity contribution in [2.24, 2.45) is 5.73 Å². The Morgan fingerprint density at radius 3 is 2.56 bits per heavy atom. The monoisotopic (exact) mass is 223 g/mol. The molecule has 1 aliphatic heterocycles. The second kappa shape index (κ2) is 3.44. The first-order chi connectivity index (χ1) is 7.61. The number of hydrogen-bond acceptors (Lipinski definition) is 3. The first-order valence-corrected chi connectivity index (χ1v) is 6.44. The fourth-order valence-electron chi connectivity index (χ4n) is 3.02. The van der Waals surface area contributed by atoms with E-state index in [1.54, 1.807) is 0 Å². The molecule has 2 aliphatic carbocycles. The number of nitrogens with zero attached hydrogens (tertiary/aromatic N) is 1. The van der Waals surface area contributed by atoms with Crippen molar-refractivity contribution in [1.82, 2.24) is 10.2 Å². The number of hydrogen-bond donors (Lipinski definition) is 2. The highest BCUT2D eigenvalue weighted by Crippen LogP contribution is 2.38. The Balaban J connectivity index is 1.75. The molecule has 3 aliphatic rings. The predicted molar refractivity (Wildman–Crippen MR) is 61.9 cm³/mol. The standard InChI is InChI=1S/C12H21N3O/c1-8-6-12(11(13)16,14-9-2-3-9)7-15(8)10-4-5-10/h8-10,14H,2-7H2,1H3,(H2,13,16). The summed E-state index contributed by atoms with van der Waals surface area (Å²) >= 11 is 0. The summed E-state index contributed by atoms with van der Waals surface area (Å²) in [4.78, 5) is 14.2. The van der Waals surface area contributed by atoms with Gasteiger partial charge >= 0.3 is 0 Å². The van der Waals surface area contributed by atoms with E-state index in [9.17, 15) is 4.79 Å². The van der Waals surface area contributed by atoms with Gasteiger partial charge in [0.15, 0.2) is 0 Å². The second-order valence-electron chi connectivity index (χ2n) is 5.82. The molecule has 3 rings (SSSR count). The third kappa shape index (κ3) is 1.74. The van der Waals surface area contributed by atoms with Crippen LogP contribution in [-0.4, -0.2) is 41.0 Å². The van der Waals surface area contributed by atoms with Gasteiger partial charge < -0.3 is 5.73 Å². The molecular weight excluding hydrogens is 202 g/mol. The van der Waals surface area contributed by atoms with Crippen LogP contribution in [0.3, 0.4) is 0 Å². The van der Waals surface area contributed by atoms with Crippen LogP contribution in [0.1, 0.15) is 39.0 Å². The highest BCUT2D eigenvalue weighted by atomic mass is 16.1. The Morgan fingerprint density at radius 2 is 2.06 bits per heavy atom. The van der Waals surface area contributed by atoms with E-state index in [4.69, 9.17) is 5.73 Å². The van der Waals surface area contributed by atoms with Crippen molar-refractivity contribution in [3.63, 3.8) is 0 Å². The molecule has 4 heteroatoms. The molecule has 3 fully saturated rings. The molecule has 0 bridgehead atoms. The predicted octanol–water partition coefficient (Wildman–Crippen LogP) is 0.219. The van der Waals surface area contributed by atoms with Crippen molar-refractivity contribution in [2.45, 2.75) is 62.7 Å². The van der Waals surface area contributed by atoms with Crippen LogP contribution in [0.2, 0.25) is 0 Å². The Morgan fingerprint density at radius 1 is 1.38 bits per heavy atom. The van der Waals surface area contributed by atoms with E-state index in [1.165, 1.54) is 25.7 Å². The molecule has 16 heavy (non-hydrogen) atoms. The van der Waals surface area contributed by atoms with Crippen molar-refractivity contribution < 1.29 is 4.79 Å². The van der Waals surface area contributed by atoms with Gasteiger partial charge in [0.05, 0.1) is 0 Å². The molecular formula is C12H21N3O. The summed E-state index contributed by atoms with van der Waals surface area (Å²) in [5.41, 5.74) is 5.18. The third-order valence-electron chi connectivity index (χ3n) is 4.21. The fraction of sp³-hybridized carbons (Fsp3) is 0.917. The van der Waals surface area contributed by atoms with Gasteiger partial charge in [-0.3, -0.25) is 15.0 Å². The maximum Gasteiger partial charge on any atom is 0.239 e. The first-order valence-electron chi connectivity index (χ1n) is 6.44. The molecule has 4 nitrogen and oxygen atoms in total. The van der Waals surface area contributed by atoms with Crippen molar-refractivity contribution in [3.8, 4) is 0 Å². The number of rotatable bonds is 4. The molecule has 3 N–H and O–H groups in total. The van der Waals surface area contributed by atoms with E-state index in [-0.39, 0.29) is 5.91 Å². The van der Waals surface area contributed by atoms with Gasteiger partial charge in [-0.25, -0.2) is 0 Å². The number of nitrogens with one attached hydrogen (secondary N) is 1. The summed E-state index contributed by atoms with van der Waals surface area (Å²) in [5.74, 6) is -0.158. The van der Waals surface area contributed by atoms with Crippen LogP contribution in [0.25, 0.3) is 0 Å². The lowest BCUT2D eigenvalue weighted by atomic mass is 9.95. The Labute approximate surface area is 96.5 Å². The zero-order chi connectivity index (χ0) is 11.3. The quantitative estimate of drug-likeness (QED) is 0.717. The number of carbonyl (C=O) groups excluding carboxylic acids is 1. The smallest absolute Gasteiger partial charge is 0.239 e. The Bertz CT molecular complexity index is 311. The minimum Gasteiger partial charge on any atom is -0.368 e. The lowest BCUT2D eigenvalue weighted by Crippen LogP contribution is -2.58. The summed E-state index contributed by atoms with van der Waals surface area (Å²) in [7, 11) is 0. The summed E-state index contributed by atoms with van der Waals surface area (Å²) in [5, 5.41) is 3.49. The van der Waals surface area contributed by atoms with Gasteiger partial charge in [0, 0.05) is 24.7 Å². The van der Waals surface area contributed by atoms with Crippen molar-refractivity contribution in [1.29, 1.82) is 0 Å². The molecule has 0 aromatic rings. The van der Waals surface area contributed by atoms with Gasteiger partial charge in [-0.15, -0.1) is 0 Å².